The van der Waals surface area contributed by atoms with E-state index in [0.717, 1.165) is 10.0 Å². The zero-order valence-electron chi connectivity index (χ0n) is 7.17. The number of halogens is 1. The number of nitrogens with zero attached hydrogens (tertiary/aromatic N) is 1. The van der Waals surface area contributed by atoms with E-state index in [1.54, 1.807) is 12.1 Å². The summed E-state index contributed by atoms with van der Waals surface area (Å²) in [7, 11) is 0. The number of ketones is 1. The van der Waals surface area contributed by atoms with Crippen molar-refractivity contribution in [2.45, 2.75) is 13.3 Å². The molecular formula is C10H8BrNO. The molecule has 1 rings (SSSR count). The topological polar surface area (TPSA) is 40.9 Å². The van der Waals surface area contributed by atoms with Gasteiger partial charge in [-0.15, -0.1) is 0 Å². The van der Waals surface area contributed by atoms with Crippen molar-refractivity contribution >= 4 is 21.7 Å². The van der Waals surface area contributed by atoms with E-state index in [0.29, 0.717) is 12.0 Å². The molecule has 0 aliphatic heterocycles. The molecule has 0 spiro atoms. The van der Waals surface area contributed by atoms with E-state index in [2.05, 4.69) is 22.0 Å². The van der Waals surface area contributed by atoms with E-state index in [1.165, 1.54) is 6.92 Å². The predicted molar refractivity (Wildman–Crippen MR) is 53.2 cm³/mol. The first kappa shape index (κ1) is 9.94. The van der Waals surface area contributed by atoms with Crippen LogP contribution in [0.15, 0.2) is 22.7 Å². The van der Waals surface area contributed by atoms with Crippen LogP contribution in [-0.4, -0.2) is 5.78 Å². The molecule has 0 aliphatic carbocycles. The number of hydrogen-bond donors (Lipinski definition) is 0. The molecule has 1 aromatic rings. The third-order valence-corrected chi connectivity index (χ3v) is 2.57. The van der Waals surface area contributed by atoms with Crippen molar-refractivity contribution in [3.8, 4) is 6.07 Å². The maximum absolute atomic E-state index is 10.9. The highest BCUT2D eigenvalue weighted by atomic mass is 79.9. The second-order valence-corrected chi connectivity index (χ2v) is 3.56. The van der Waals surface area contributed by atoms with E-state index < -0.39 is 0 Å². The minimum Gasteiger partial charge on any atom is -0.300 e. The van der Waals surface area contributed by atoms with Crippen LogP contribution in [0.25, 0.3) is 0 Å². The molecule has 0 fully saturated rings. The van der Waals surface area contributed by atoms with Gasteiger partial charge in [-0.25, -0.2) is 0 Å². The third kappa shape index (κ3) is 2.40. The van der Waals surface area contributed by atoms with Crippen LogP contribution < -0.4 is 0 Å². The number of carbonyl (C=O) groups excluding carboxylic acids is 1. The van der Waals surface area contributed by atoms with Crippen LogP contribution in [-0.2, 0) is 11.2 Å². The van der Waals surface area contributed by atoms with E-state index in [1.807, 2.05) is 6.07 Å². The molecule has 0 saturated carbocycles. The Kier molecular flexibility index (Phi) is 3.21. The second kappa shape index (κ2) is 4.20. The van der Waals surface area contributed by atoms with Gasteiger partial charge in [0.1, 0.15) is 11.9 Å². The summed E-state index contributed by atoms with van der Waals surface area (Å²) in [6.45, 7) is 1.53. The van der Waals surface area contributed by atoms with Crippen LogP contribution in [0, 0.1) is 11.3 Å². The molecule has 0 unspecified atom stereocenters. The van der Waals surface area contributed by atoms with Crippen LogP contribution in [0.1, 0.15) is 18.1 Å². The minimum atomic E-state index is 0.0933. The van der Waals surface area contributed by atoms with Gasteiger partial charge in [0.15, 0.2) is 0 Å². The second-order valence-electron chi connectivity index (χ2n) is 2.77. The summed E-state index contributed by atoms with van der Waals surface area (Å²) in [6.07, 6.45) is 0.371. The van der Waals surface area contributed by atoms with Gasteiger partial charge in [-0.1, -0.05) is 12.1 Å². The van der Waals surface area contributed by atoms with Gasteiger partial charge in [-0.3, -0.25) is 4.79 Å². The molecule has 0 amide bonds. The largest absolute Gasteiger partial charge is 0.300 e. The summed E-state index contributed by atoms with van der Waals surface area (Å²) < 4.78 is 0.729. The first-order valence-electron chi connectivity index (χ1n) is 3.82. The maximum atomic E-state index is 10.9. The fraction of sp³-hybridized carbons (Fsp3) is 0.200. The zero-order chi connectivity index (χ0) is 9.84. The lowest BCUT2D eigenvalue weighted by molar-refractivity contribution is -0.116. The third-order valence-electron chi connectivity index (χ3n) is 1.64. The predicted octanol–water partition coefficient (Wildman–Crippen LogP) is 2.45. The molecule has 0 radical (unpaired) electrons. The van der Waals surface area contributed by atoms with Crippen LogP contribution in [0.3, 0.4) is 0 Å². The summed E-state index contributed by atoms with van der Waals surface area (Å²) >= 11 is 3.30. The molecule has 2 nitrogen and oxygen atoms in total. The van der Waals surface area contributed by atoms with Crippen molar-refractivity contribution < 1.29 is 4.79 Å². The van der Waals surface area contributed by atoms with Gasteiger partial charge in [-0.05, 0) is 34.5 Å². The zero-order valence-corrected chi connectivity index (χ0v) is 8.76. The first-order valence-corrected chi connectivity index (χ1v) is 4.61. The summed E-state index contributed by atoms with van der Waals surface area (Å²) in [4.78, 5) is 10.9. The number of Topliss-reactive ketones (excluding diaryl/α,β-unsaturated/α-hetero) is 1. The van der Waals surface area contributed by atoms with Crippen molar-refractivity contribution in [2.24, 2.45) is 0 Å². The van der Waals surface area contributed by atoms with Gasteiger partial charge in [0.25, 0.3) is 0 Å². The number of hydrogen-bond acceptors (Lipinski definition) is 2. The van der Waals surface area contributed by atoms with Crippen LogP contribution >= 0.6 is 15.9 Å². The molecule has 1 aromatic carbocycles. The highest BCUT2D eigenvalue weighted by molar-refractivity contribution is 9.10. The Balaban J connectivity index is 3.10. The Morgan fingerprint density at radius 2 is 2.31 bits per heavy atom. The van der Waals surface area contributed by atoms with E-state index >= 15 is 0 Å². The van der Waals surface area contributed by atoms with Crippen LogP contribution in [0.5, 0.6) is 0 Å². The maximum Gasteiger partial charge on any atom is 0.134 e. The number of rotatable bonds is 2. The lowest BCUT2D eigenvalue weighted by Gasteiger charge is -2.02. The lowest BCUT2D eigenvalue weighted by atomic mass is 10.1. The minimum absolute atomic E-state index is 0.0933. The fourth-order valence-electron chi connectivity index (χ4n) is 1.07. The lowest BCUT2D eigenvalue weighted by Crippen LogP contribution is -1.98. The molecule has 13 heavy (non-hydrogen) atoms. The van der Waals surface area contributed by atoms with Gasteiger partial charge in [0.2, 0.25) is 0 Å². The smallest absolute Gasteiger partial charge is 0.134 e. The monoisotopic (exact) mass is 237 g/mol. The van der Waals surface area contributed by atoms with Gasteiger partial charge < -0.3 is 0 Å². The van der Waals surface area contributed by atoms with Crippen molar-refractivity contribution in [1.29, 1.82) is 5.26 Å². The summed E-state index contributed by atoms with van der Waals surface area (Å²) in [5.74, 6) is 0.0933. The highest BCUT2D eigenvalue weighted by Crippen LogP contribution is 2.21. The van der Waals surface area contributed by atoms with Gasteiger partial charge in [0.05, 0.1) is 5.56 Å². The fourth-order valence-corrected chi connectivity index (χ4v) is 1.56. The van der Waals surface area contributed by atoms with E-state index in [9.17, 15) is 4.79 Å². The molecule has 0 atom stereocenters. The molecule has 0 aromatic heterocycles. The van der Waals surface area contributed by atoms with Crippen molar-refractivity contribution in [3.63, 3.8) is 0 Å². The molecule has 0 saturated heterocycles. The van der Waals surface area contributed by atoms with Gasteiger partial charge >= 0.3 is 0 Å². The highest BCUT2D eigenvalue weighted by Gasteiger charge is 2.06. The number of carbonyl (C=O) groups is 1. The molecule has 66 valence electrons. The van der Waals surface area contributed by atoms with Crippen molar-refractivity contribution in [1.82, 2.24) is 0 Å². The Morgan fingerprint density at radius 3 is 2.85 bits per heavy atom. The van der Waals surface area contributed by atoms with E-state index in [-0.39, 0.29) is 5.78 Å². The Labute approximate surface area is 85.3 Å². The summed E-state index contributed by atoms with van der Waals surface area (Å²) in [5.41, 5.74) is 1.44. The summed E-state index contributed by atoms with van der Waals surface area (Å²) in [5, 5.41) is 8.71. The number of nitriles is 1. The normalized spacial score (nSPS) is 9.31. The molecule has 0 bridgehead atoms. The standard InChI is InChI=1S/C10H8BrNO/c1-7(13)5-8-3-2-4-9(6-12)10(8)11/h2-4H,5H2,1H3. The average Bonchev–Trinajstić information content (AvgIpc) is 2.08. The molecular weight excluding hydrogens is 230 g/mol. The average molecular weight is 238 g/mol. The van der Waals surface area contributed by atoms with Crippen molar-refractivity contribution in [3.05, 3.63) is 33.8 Å². The SMILES string of the molecule is CC(=O)Cc1cccc(C#N)c1Br. The Hall–Kier alpha value is -1.14. The van der Waals surface area contributed by atoms with E-state index in [4.69, 9.17) is 5.26 Å². The number of benzene rings is 1. The van der Waals surface area contributed by atoms with Gasteiger partial charge in [0, 0.05) is 10.9 Å². The molecule has 0 heterocycles. The summed E-state index contributed by atoms with van der Waals surface area (Å²) in [6, 6.07) is 7.39. The van der Waals surface area contributed by atoms with Crippen LogP contribution in [0.4, 0.5) is 0 Å². The molecule has 0 N–H and O–H groups in total. The quantitative estimate of drug-likeness (QED) is 0.793. The Bertz CT molecular complexity index is 379. The van der Waals surface area contributed by atoms with Crippen LogP contribution in [0.2, 0.25) is 0 Å². The molecule has 0 aliphatic rings. The first-order chi connectivity index (χ1) is 6.15. The van der Waals surface area contributed by atoms with Gasteiger partial charge in [-0.2, -0.15) is 5.26 Å². The van der Waals surface area contributed by atoms with Crippen molar-refractivity contribution in [2.75, 3.05) is 0 Å². The Morgan fingerprint density at radius 1 is 1.62 bits per heavy atom. The molecule has 3 heteroatoms.